The summed E-state index contributed by atoms with van der Waals surface area (Å²) in [6.07, 6.45) is 41.2. The first-order chi connectivity index (χ1) is 21.1. The standard InChI is InChI=1S/C38H69NO4/c1-3-5-7-9-11-13-15-17-18-19-21-23-25-27-29-31-33-37(42)38(43)39-35(34-40)36(41)32-30-28-26-24-22-20-16-14-12-10-8-6-4-2/h12,14,17-18,22,24,30,32,35-37,40-42H,3-11,13,15-16,19-21,23,25-29,31,33-34H2,1-2H3,(H,39,43)/b14-12+,18-17-,24-22+,32-30+. The Morgan fingerprint density at radius 3 is 1.47 bits per heavy atom. The fourth-order valence-corrected chi connectivity index (χ4v) is 4.97. The fourth-order valence-electron chi connectivity index (χ4n) is 4.97. The normalized spacial score (nSPS) is 14.4. The summed E-state index contributed by atoms with van der Waals surface area (Å²) >= 11 is 0. The van der Waals surface area contributed by atoms with E-state index in [0.717, 1.165) is 51.4 Å². The number of carbonyl (C=O) groups excluding carboxylic acids is 1. The van der Waals surface area contributed by atoms with Crippen LogP contribution in [0.5, 0.6) is 0 Å². The highest BCUT2D eigenvalue weighted by Crippen LogP contribution is 2.12. The predicted molar refractivity (Wildman–Crippen MR) is 185 cm³/mol. The summed E-state index contributed by atoms with van der Waals surface area (Å²) < 4.78 is 0. The van der Waals surface area contributed by atoms with Crippen molar-refractivity contribution in [1.82, 2.24) is 5.32 Å². The predicted octanol–water partition coefficient (Wildman–Crippen LogP) is 9.42. The zero-order valence-corrected chi connectivity index (χ0v) is 28.1. The monoisotopic (exact) mass is 604 g/mol. The van der Waals surface area contributed by atoms with Crippen molar-refractivity contribution in [2.45, 2.75) is 180 Å². The first kappa shape index (κ1) is 41.3. The lowest BCUT2D eigenvalue weighted by Crippen LogP contribution is -2.48. The van der Waals surface area contributed by atoms with Crippen LogP contribution in [0.1, 0.15) is 162 Å². The summed E-state index contributed by atoms with van der Waals surface area (Å²) in [5, 5.41) is 32.9. The van der Waals surface area contributed by atoms with Crippen molar-refractivity contribution in [2.24, 2.45) is 0 Å². The maximum Gasteiger partial charge on any atom is 0.249 e. The second kappa shape index (κ2) is 33.2. The molecule has 0 fully saturated rings. The Morgan fingerprint density at radius 1 is 0.558 bits per heavy atom. The molecule has 0 aromatic rings. The summed E-state index contributed by atoms with van der Waals surface area (Å²) in [5.74, 6) is -0.526. The molecule has 0 aromatic carbocycles. The van der Waals surface area contributed by atoms with Crippen LogP contribution in [-0.4, -0.2) is 46.1 Å². The Bertz CT molecular complexity index is 715. The van der Waals surface area contributed by atoms with E-state index in [4.69, 9.17) is 0 Å². The first-order valence-corrected chi connectivity index (χ1v) is 18.0. The zero-order chi connectivity index (χ0) is 31.6. The smallest absolute Gasteiger partial charge is 0.249 e. The number of hydrogen-bond acceptors (Lipinski definition) is 4. The average Bonchev–Trinajstić information content (AvgIpc) is 3.01. The molecule has 0 heterocycles. The minimum atomic E-state index is -1.11. The quantitative estimate of drug-likeness (QED) is 0.0469. The summed E-state index contributed by atoms with van der Waals surface area (Å²) in [5.41, 5.74) is 0. The van der Waals surface area contributed by atoms with Crippen LogP contribution in [0.2, 0.25) is 0 Å². The molecule has 0 aliphatic carbocycles. The molecular weight excluding hydrogens is 534 g/mol. The summed E-state index contributed by atoms with van der Waals surface area (Å²) in [6, 6.07) is -0.821. The van der Waals surface area contributed by atoms with Gasteiger partial charge in [-0.2, -0.15) is 0 Å². The van der Waals surface area contributed by atoms with Crippen LogP contribution >= 0.6 is 0 Å². The minimum absolute atomic E-state index is 0.385. The lowest BCUT2D eigenvalue weighted by Gasteiger charge is -2.21. The third-order valence-corrected chi connectivity index (χ3v) is 7.87. The third-order valence-electron chi connectivity index (χ3n) is 7.87. The summed E-state index contributed by atoms with van der Waals surface area (Å²) in [6.45, 7) is 4.10. The van der Waals surface area contributed by atoms with Gasteiger partial charge in [0, 0.05) is 0 Å². The number of amides is 1. The molecule has 5 nitrogen and oxygen atoms in total. The van der Waals surface area contributed by atoms with Crippen LogP contribution in [0.15, 0.2) is 48.6 Å². The number of allylic oxidation sites excluding steroid dienone is 7. The maximum atomic E-state index is 12.4. The number of aliphatic hydroxyl groups is 3. The highest BCUT2D eigenvalue weighted by atomic mass is 16.3. The minimum Gasteiger partial charge on any atom is -0.394 e. The van der Waals surface area contributed by atoms with Crippen molar-refractivity contribution >= 4 is 5.91 Å². The number of aliphatic hydroxyl groups excluding tert-OH is 3. The Morgan fingerprint density at radius 2 is 0.953 bits per heavy atom. The van der Waals surface area contributed by atoms with Crippen molar-refractivity contribution in [1.29, 1.82) is 0 Å². The molecular formula is C38H69NO4. The van der Waals surface area contributed by atoms with Crippen molar-refractivity contribution in [3.05, 3.63) is 48.6 Å². The second-order valence-electron chi connectivity index (χ2n) is 12.1. The van der Waals surface area contributed by atoms with Crippen molar-refractivity contribution < 1.29 is 20.1 Å². The number of carbonyl (C=O) groups is 1. The van der Waals surface area contributed by atoms with Crippen LogP contribution in [0.25, 0.3) is 0 Å². The molecule has 0 spiro atoms. The summed E-state index contributed by atoms with van der Waals surface area (Å²) in [4.78, 5) is 12.4. The molecule has 5 heteroatoms. The molecule has 4 N–H and O–H groups in total. The van der Waals surface area contributed by atoms with E-state index in [0.29, 0.717) is 6.42 Å². The van der Waals surface area contributed by atoms with Gasteiger partial charge >= 0.3 is 0 Å². The molecule has 43 heavy (non-hydrogen) atoms. The number of unbranched alkanes of at least 4 members (excludes halogenated alkanes) is 17. The van der Waals surface area contributed by atoms with E-state index in [9.17, 15) is 20.1 Å². The molecule has 1 amide bonds. The summed E-state index contributed by atoms with van der Waals surface area (Å²) in [7, 11) is 0. The zero-order valence-electron chi connectivity index (χ0n) is 28.1. The van der Waals surface area contributed by atoms with Gasteiger partial charge in [-0.25, -0.2) is 0 Å². The lowest BCUT2D eigenvalue weighted by atomic mass is 10.0. The van der Waals surface area contributed by atoms with Gasteiger partial charge in [0.15, 0.2) is 0 Å². The van der Waals surface area contributed by atoms with E-state index >= 15 is 0 Å². The average molecular weight is 604 g/mol. The molecule has 0 bridgehead atoms. The van der Waals surface area contributed by atoms with Gasteiger partial charge in [0.05, 0.1) is 18.8 Å². The van der Waals surface area contributed by atoms with Gasteiger partial charge in [0.1, 0.15) is 6.10 Å². The van der Waals surface area contributed by atoms with Gasteiger partial charge < -0.3 is 20.6 Å². The van der Waals surface area contributed by atoms with Crippen molar-refractivity contribution in [3.63, 3.8) is 0 Å². The van der Waals surface area contributed by atoms with Gasteiger partial charge in [-0.1, -0.05) is 140 Å². The van der Waals surface area contributed by atoms with Gasteiger partial charge in [-0.05, 0) is 70.6 Å². The maximum absolute atomic E-state index is 12.4. The topological polar surface area (TPSA) is 89.8 Å². The molecule has 250 valence electrons. The number of nitrogens with one attached hydrogen (secondary N) is 1. The van der Waals surface area contributed by atoms with Gasteiger partial charge in [0.25, 0.3) is 0 Å². The third kappa shape index (κ3) is 28.8. The Hall–Kier alpha value is -1.69. The van der Waals surface area contributed by atoms with Crippen molar-refractivity contribution in [2.75, 3.05) is 6.61 Å². The molecule has 0 aliphatic rings. The Balaban J connectivity index is 3.84. The molecule has 0 saturated carbocycles. The highest BCUT2D eigenvalue weighted by Gasteiger charge is 2.22. The van der Waals surface area contributed by atoms with Crippen LogP contribution in [0, 0.1) is 0 Å². The Kier molecular flexibility index (Phi) is 31.9. The largest absolute Gasteiger partial charge is 0.394 e. The van der Waals surface area contributed by atoms with E-state index in [2.05, 4.69) is 55.6 Å². The van der Waals surface area contributed by atoms with E-state index in [1.807, 2.05) is 6.08 Å². The van der Waals surface area contributed by atoms with Crippen molar-refractivity contribution in [3.8, 4) is 0 Å². The molecule has 3 unspecified atom stereocenters. The van der Waals surface area contributed by atoms with Crippen LogP contribution in [0.4, 0.5) is 0 Å². The second-order valence-corrected chi connectivity index (χ2v) is 12.1. The fraction of sp³-hybridized carbons (Fsp3) is 0.763. The SMILES string of the molecule is CCCCC/C=C/CC/C=C/CC/C=C/C(O)C(CO)NC(=O)C(O)CCCCCCCC/C=C\CCCCCCCC. The number of hydrogen-bond donors (Lipinski definition) is 4. The van der Waals surface area contributed by atoms with Crippen LogP contribution in [-0.2, 0) is 4.79 Å². The molecule has 0 aromatic heterocycles. The van der Waals surface area contributed by atoms with E-state index in [1.54, 1.807) is 6.08 Å². The van der Waals surface area contributed by atoms with E-state index < -0.39 is 24.2 Å². The Labute approximate surface area is 266 Å². The lowest BCUT2D eigenvalue weighted by molar-refractivity contribution is -0.131. The van der Waals surface area contributed by atoms with Gasteiger partial charge in [0.2, 0.25) is 5.91 Å². The molecule has 3 atom stereocenters. The van der Waals surface area contributed by atoms with Crippen LogP contribution in [0.3, 0.4) is 0 Å². The van der Waals surface area contributed by atoms with E-state index in [-0.39, 0.29) is 6.61 Å². The van der Waals surface area contributed by atoms with Gasteiger partial charge in [-0.3, -0.25) is 4.79 Å². The number of rotatable bonds is 31. The molecule has 0 saturated heterocycles. The molecule has 0 aliphatic heterocycles. The van der Waals surface area contributed by atoms with E-state index in [1.165, 1.54) is 89.9 Å². The van der Waals surface area contributed by atoms with Crippen LogP contribution < -0.4 is 5.32 Å². The molecule has 0 rings (SSSR count). The van der Waals surface area contributed by atoms with Gasteiger partial charge in [-0.15, -0.1) is 0 Å². The first-order valence-electron chi connectivity index (χ1n) is 18.0. The highest BCUT2D eigenvalue weighted by molar-refractivity contribution is 5.80. The molecule has 0 radical (unpaired) electrons.